The third-order valence-corrected chi connectivity index (χ3v) is 4.27. The van der Waals surface area contributed by atoms with E-state index in [1.807, 2.05) is 11.6 Å². The van der Waals surface area contributed by atoms with E-state index in [1.165, 1.54) is 16.5 Å². The van der Waals surface area contributed by atoms with E-state index in [0.29, 0.717) is 5.92 Å². The minimum atomic E-state index is 0.683. The first-order valence-electron chi connectivity index (χ1n) is 7.39. The van der Waals surface area contributed by atoms with Crippen LogP contribution in [-0.4, -0.2) is 16.1 Å². The van der Waals surface area contributed by atoms with Crippen LogP contribution in [-0.2, 0) is 13.1 Å². The fourth-order valence-corrected chi connectivity index (χ4v) is 3.07. The number of hydrogen-bond donors (Lipinski definition) is 1. The summed E-state index contributed by atoms with van der Waals surface area (Å²) < 4.78 is 2.28. The molecular formula is C17H21N3S. The van der Waals surface area contributed by atoms with E-state index < -0.39 is 0 Å². The highest BCUT2D eigenvalue weighted by Gasteiger charge is 2.05. The first-order chi connectivity index (χ1) is 10.2. The minimum absolute atomic E-state index is 0.683. The smallest absolute Gasteiger partial charge is 0.112 e. The van der Waals surface area contributed by atoms with E-state index in [-0.39, 0.29) is 0 Å². The largest absolute Gasteiger partial charge is 0.341 e. The number of thiazole rings is 1. The summed E-state index contributed by atoms with van der Waals surface area (Å²) in [6.45, 7) is 7.30. The average molecular weight is 299 g/mol. The van der Waals surface area contributed by atoms with Gasteiger partial charge in [0.2, 0.25) is 0 Å². The van der Waals surface area contributed by atoms with Crippen LogP contribution in [0.25, 0.3) is 10.9 Å². The van der Waals surface area contributed by atoms with Gasteiger partial charge in [0.05, 0.1) is 6.54 Å². The van der Waals surface area contributed by atoms with Crippen molar-refractivity contribution in [2.24, 2.45) is 5.92 Å². The number of hydrogen-bond acceptors (Lipinski definition) is 3. The number of aromatic nitrogens is 2. The maximum atomic E-state index is 4.37. The summed E-state index contributed by atoms with van der Waals surface area (Å²) >= 11 is 1.71. The Balaban J connectivity index is 1.79. The van der Waals surface area contributed by atoms with E-state index >= 15 is 0 Å². The van der Waals surface area contributed by atoms with Gasteiger partial charge < -0.3 is 9.88 Å². The highest BCUT2D eigenvalue weighted by molar-refractivity contribution is 7.09. The first-order valence-corrected chi connectivity index (χ1v) is 8.27. The van der Waals surface area contributed by atoms with Crippen LogP contribution in [0.3, 0.4) is 0 Å². The van der Waals surface area contributed by atoms with Gasteiger partial charge in [-0.25, -0.2) is 4.98 Å². The van der Waals surface area contributed by atoms with Gasteiger partial charge in [-0.15, -0.1) is 11.3 Å². The molecule has 110 valence electrons. The molecule has 2 heterocycles. The molecule has 1 aromatic carbocycles. The molecule has 3 rings (SSSR count). The molecule has 0 aliphatic heterocycles. The van der Waals surface area contributed by atoms with Crippen molar-refractivity contribution in [3.63, 3.8) is 0 Å². The van der Waals surface area contributed by atoms with Gasteiger partial charge in [0, 0.05) is 29.8 Å². The van der Waals surface area contributed by atoms with E-state index in [1.54, 1.807) is 11.3 Å². The Bertz CT molecular complexity index is 698. The molecule has 2 aromatic heterocycles. The molecule has 1 N–H and O–H groups in total. The molecule has 0 bridgehead atoms. The molecule has 0 spiro atoms. The summed E-state index contributed by atoms with van der Waals surface area (Å²) in [7, 11) is 0. The van der Waals surface area contributed by atoms with Crippen LogP contribution >= 0.6 is 11.3 Å². The Hall–Kier alpha value is -1.65. The molecule has 0 atom stereocenters. The normalized spacial score (nSPS) is 11.6. The molecule has 0 fully saturated rings. The van der Waals surface area contributed by atoms with Gasteiger partial charge in [-0.3, -0.25) is 0 Å². The van der Waals surface area contributed by atoms with Crippen molar-refractivity contribution in [1.29, 1.82) is 0 Å². The van der Waals surface area contributed by atoms with Crippen molar-refractivity contribution in [1.82, 2.24) is 14.9 Å². The topological polar surface area (TPSA) is 29.9 Å². The molecule has 0 aliphatic rings. The second-order valence-electron chi connectivity index (χ2n) is 5.79. The molecule has 0 amide bonds. The number of nitrogens with zero attached hydrogens (tertiary/aromatic N) is 2. The van der Waals surface area contributed by atoms with E-state index in [0.717, 1.165) is 24.6 Å². The Labute approximate surface area is 129 Å². The van der Waals surface area contributed by atoms with E-state index in [2.05, 4.69) is 59.2 Å². The standard InChI is InChI=1S/C17H21N3S/c1-13(2)10-18-11-14-3-4-15-5-7-20(16(15)9-14)12-17-19-6-8-21-17/h3-9,13,18H,10-12H2,1-2H3. The van der Waals surface area contributed by atoms with Crippen molar-refractivity contribution in [3.8, 4) is 0 Å². The molecule has 0 aliphatic carbocycles. The molecule has 0 saturated heterocycles. The zero-order valence-corrected chi connectivity index (χ0v) is 13.4. The van der Waals surface area contributed by atoms with E-state index in [9.17, 15) is 0 Å². The quantitative estimate of drug-likeness (QED) is 0.748. The van der Waals surface area contributed by atoms with Crippen molar-refractivity contribution < 1.29 is 0 Å². The molecule has 3 nitrogen and oxygen atoms in total. The van der Waals surface area contributed by atoms with Gasteiger partial charge in [0.1, 0.15) is 5.01 Å². The van der Waals surface area contributed by atoms with Gasteiger partial charge in [0.25, 0.3) is 0 Å². The molecular weight excluding hydrogens is 278 g/mol. The minimum Gasteiger partial charge on any atom is -0.341 e. The van der Waals surface area contributed by atoms with Gasteiger partial charge in [-0.2, -0.15) is 0 Å². The summed E-state index contributed by atoms with van der Waals surface area (Å²) in [5.74, 6) is 0.683. The lowest BCUT2D eigenvalue weighted by atomic mass is 10.1. The predicted molar refractivity (Wildman–Crippen MR) is 89.7 cm³/mol. The van der Waals surface area contributed by atoms with Crippen LogP contribution in [0.1, 0.15) is 24.4 Å². The van der Waals surface area contributed by atoms with Crippen molar-refractivity contribution in [2.75, 3.05) is 6.54 Å². The molecule has 3 aromatic rings. The third-order valence-electron chi connectivity index (χ3n) is 3.51. The third kappa shape index (κ3) is 3.52. The Morgan fingerprint density at radius 1 is 1.29 bits per heavy atom. The predicted octanol–water partition coefficient (Wildman–Crippen LogP) is 3.89. The van der Waals surface area contributed by atoms with Gasteiger partial charge in [-0.05, 0) is 35.5 Å². The second-order valence-corrected chi connectivity index (χ2v) is 6.77. The summed E-state index contributed by atoms with van der Waals surface area (Å²) in [5.41, 5.74) is 2.62. The van der Waals surface area contributed by atoms with Crippen LogP contribution in [0, 0.1) is 5.92 Å². The number of fused-ring (bicyclic) bond motifs is 1. The van der Waals surface area contributed by atoms with Gasteiger partial charge >= 0.3 is 0 Å². The fourth-order valence-electron chi connectivity index (χ4n) is 2.46. The summed E-state index contributed by atoms with van der Waals surface area (Å²) in [5, 5.41) is 7.97. The lowest BCUT2D eigenvalue weighted by Gasteiger charge is -2.09. The lowest BCUT2D eigenvalue weighted by Crippen LogP contribution is -2.18. The zero-order chi connectivity index (χ0) is 14.7. The van der Waals surface area contributed by atoms with Crippen molar-refractivity contribution in [3.05, 3.63) is 52.6 Å². The maximum Gasteiger partial charge on any atom is 0.112 e. The van der Waals surface area contributed by atoms with Crippen LogP contribution in [0.2, 0.25) is 0 Å². The molecule has 0 unspecified atom stereocenters. The Morgan fingerprint density at radius 3 is 2.95 bits per heavy atom. The van der Waals surface area contributed by atoms with E-state index in [4.69, 9.17) is 0 Å². The molecule has 0 radical (unpaired) electrons. The van der Waals surface area contributed by atoms with Crippen LogP contribution < -0.4 is 5.32 Å². The highest BCUT2D eigenvalue weighted by Crippen LogP contribution is 2.19. The maximum absolute atomic E-state index is 4.37. The highest BCUT2D eigenvalue weighted by atomic mass is 32.1. The van der Waals surface area contributed by atoms with Crippen molar-refractivity contribution >= 4 is 22.2 Å². The van der Waals surface area contributed by atoms with Crippen LogP contribution in [0.5, 0.6) is 0 Å². The average Bonchev–Trinajstić information content (AvgIpc) is 3.09. The SMILES string of the molecule is CC(C)CNCc1ccc2ccn(Cc3nccs3)c2c1. The zero-order valence-electron chi connectivity index (χ0n) is 12.5. The van der Waals surface area contributed by atoms with Crippen LogP contribution in [0.15, 0.2) is 42.0 Å². The Kier molecular flexibility index (Phi) is 4.36. The number of nitrogens with one attached hydrogen (secondary N) is 1. The summed E-state index contributed by atoms with van der Waals surface area (Å²) in [6.07, 6.45) is 4.02. The molecule has 4 heteroatoms. The monoisotopic (exact) mass is 299 g/mol. The Morgan fingerprint density at radius 2 is 2.19 bits per heavy atom. The second kappa shape index (κ2) is 6.41. The number of benzene rings is 1. The van der Waals surface area contributed by atoms with Gasteiger partial charge in [-0.1, -0.05) is 26.0 Å². The van der Waals surface area contributed by atoms with Crippen molar-refractivity contribution in [2.45, 2.75) is 26.9 Å². The summed E-state index contributed by atoms with van der Waals surface area (Å²) in [4.78, 5) is 4.37. The van der Waals surface area contributed by atoms with Gasteiger partial charge in [0.15, 0.2) is 0 Å². The first kappa shape index (κ1) is 14.3. The lowest BCUT2D eigenvalue weighted by molar-refractivity contribution is 0.552. The van der Waals surface area contributed by atoms with Crippen LogP contribution in [0.4, 0.5) is 0 Å². The molecule has 21 heavy (non-hydrogen) atoms. The summed E-state index contributed by atoms with van der Waals surface area (Å²) in [6, 6.07) is 8.88. The fraction of sp³-hybridized carbons (Fsp3) is 0.353. The number of rotatable bonds is 6. The molecule has 0 saturated carbocycles.